The van der Waals surface area contributed by atoms with Gasteiger partial charge in [-0.1, -0.05) is 42.4 Å². The summed E-state index contributed by atoms with van der Waals surface area (Å²) in [7, 11) is 0. The van der Waals surface area contributed by atoms with E-state index in [0.717, 1.165) is 21.6 Å². The molecule has 2 aromatic rings. The van der Waals surface area contributed by atoms with Crippen LogP contribution in [-0.2, 0) is 32.0 Å². The largest absolute Gasteiger partial charge is 0.351 e. The Labute approximate surface area is 208 Å². The van der Waals surface area contributed by atoms with Crippen molar-refractivity contribution in [2.75, 3.05) is 5.32 Å². The predicted molar refractivity (Wildman–Crippen MR) is 134 cm³/mol. The van der Waals surface area contributed by atoms with Crippen LogP contribution >= 0.6 is 11.6 Å². The zero-order chi connectivity index (χ0) is 25.1. The van der Waals surface area contributed by atoms with Crippen LogP contribution in [0.3, 0.4) is 0 Å². The molecule has 0 spiro atoms. The Balaban J connectivity index is 1.35. The number of imide groups is 1. The summed E-state index contributed by atoms with van der Waals surface area (Å²) in [6.45, 7) is 5.64. The number of rotatable bonds is 8. The molecule has 0 saturated carbocycles. The number of nitrogens with one attached hydrogen (secondary N) is 2. The van der Waals surface area contributed by atoms with Crippen molar-refractivity contribution in [1.82, 2.24) is 10.2 Å². The first-order chi connectivity index (χ1) is 16.7. The minimum absolute atomic E-state index is 0.103. The number of piperidine rings is 1. The van der Waals surface area contributed by atoms with Gasteiger partial charge in [0.2, 0.25) is 5.91 Å². The van der Waals surface area contributed by atoms with Gasteiger partial charge in [-0.25, -0.2) is 0 Å². The summed E-state index contributed by atoms with van der Waals surface area (Å²) in [5.41, 5.74) is 4.09. The molecule has 2 heterocycles. The van der Waals surface area contributed by atoms with Crippen molar-refractivity contribution >= 4 is 40.8 Å². The Morgan fingerprint density at radius 1 is 1.17 bits per heavy atom. The lowest BCUT2D eigenvalue weighted by Gasteiger charge is -2.29. The number of amides is 3. The van der Waals surface area contributed by atoms with Crippen molar-refractivity contribution in [3.8, 4) is 0 Å². The molecular weight excluding hydrogens is 466 g/mol. The Kier molecular flexibility index (Phi) is 7.17. The van der Waals surface area contributed by atoms with Crippen LogP contribution in [0.15, 0.2) is 66.5 Å². The quantitative estimate of drug-likeness (QED) is 0.547. The van der Waals surface area contributed by atoms with E-state index in [9.17, 15) is 19.2 Å². The third kappa shape index (κ3) is 5.69. The third-order valence-electron chi connectivity index (χ3n) is 6.12. The maximum absolute atomic E-state index is 12.9. The lowest BCUT2D eigenvalue weighted by Crippen LogP contribution is -2.52. The standard InChI is InChI=1S/C27H26ClN3O4/c1-16-6-8-19(14-22(16)28)13-21(32)10-9-18-4-3-5-20(12-18)30-23-15-25(33)31(27(23)35)24-11-7-17(2)29-26(24)34/h3-6,8,12,14-15,24,30H,2,7,9-11,13H2,1H3,(H,29,34). The Bertz CT molecular complexity index is 1270. The molecule has 4 rings (SSSR count). The fourth-order valence-electron chi connectivity index (χ4n) is 4.18. The second-order valence-corrected chi connectivity index (χ2v) is 9.25. The molecule has 3 amide bonds. The maximum Gasteiger partial charge on any atom is 0.278 e. The highest BCUT2D eigenvalue weighted by molar-refractivity contribution is 6.31. The molecule has 35 heavy (non-hydrogen) atoms. The number of ketones is 1. The number of allylic oxidation sites excluding steroid dienone is 1. The van der Waals surface area contributed by atoms with Gasteiger partial charge < -0.3 is 10.6 Å². The summed E-state index contributed by atoms with van der Waals surface area (Å²) < 4.78 is 0. The van der Waals surface area contributed by atoms with E-state index >= 15 is 0 Å². The van der Waals surface area contributed by atoms with Crippen molar-refractivity contribution in [3.63, 3.8) is 0 Å². The molecule has 0 bridgehead atoms. The van der Waals surface area contributed by atoms with E-state index < -0.39 is 23.8 Å². The van der Waals surface area contributed by atoms with Gasteiger partial charge in [-0.3, -0.25) is 24.1 Å². The van der Waals surface area contributed by atoms with Gasteiger partial charge in [0.05, 0.1) is 0 Å². The van der Waals surface area contributed by atoms with Crippen LogP contribution in [0, 0.1) is 6.92 Å². The van der Waals surface area contributed by atoms with Crippen LogP contribution < -0.4 is 10.6 Å². The molecule has 1 saturated heterocycles. The van der Waals surface area contributed by atoms with Crippen molar-refractivity contribution in [2.45, 2.75) is 45.1 Å². The monoisotopic (exact) mass is 491 g/mol. The molecular formula is C27H26ClN3O4. The summed E-state index contributed by atoms with van der Waals surface area (Å²) in [6, 6.07) is 12.1. The summed E-state index contributed by atoms with van der Waals surface area (Å²) in [5.74, 6) is -1.37. The fraction of sp³-hybridized carbons (Fsp3) is 0.259. The van der Waals surface area contributed by atoms with Crippen LogP contribution in [0.25, 0.3) is 0 Å². The summed E-state index contributed by atoms with van der Waals surface area (Å²) in [5, 5.41) is 6.25. The maximum atomic E-state index is 12.9. The third-order valence-corrected chi connectivity index (χ3v) is 6.53. The van der Waals surface area contributed by atoms with Crippen molar-refractivity contribution in [1.29, 1.82) is 0 Å². The normalized spacial score (nSPS) is 17.9. The van der Waals surface area contributed by atoms with Crippen LogP contribution in [0.4, 0.5) is 5.69 Å². The van der Waals surface area contributed by atoms with Gasteiger partial charge in [0.25, 0.3) is 11.8 Å². The summed E-state index contributed by atoms with van der Waals surface area (Å²) >= 11 is 6.15. The SMILES string of the molecule is C=C1CCC(N2C(=O)C=C(Nc3cccc(CCC(=O)Cc4ccc(C)c(Cl)c4)c3)C2=O)C(=O)N1. The van der Waals surface area contributed by atoms with E-state index in [1.807, 2.05) is 43.3 Å². The molecule has 1 atom stereocenters. The van der Waals surface area contributed by atoms with E-state index in [4.69, 9.17) is 11.6 Å². The number of halogens is 1. The summed E-state index contributed by atoms with van der Waals surface area (Å²) in [6.07, 6.45) is 3.29. The summed E-state index contributed by atoms with van der Waals surface area (Å²) in [4.78, 5) is 51.1. The number of aryl methyl sites for hydroxylation is 2. The number of carbonyl (C=O) groups excluding carboxylic acids is 4. The van der Waals surface area contributed by atoms with E-state index in [1.165, 1.54) is 6.08 Å². The van der Waals surface area contributed by atoms with Crippen LogP contribution in [0.2, 0.25) is 5.02 Å². The van der Waals surface area contributed by atoms with Gasteiger partial charge in [0.15, 0.2) is 0 Å². The van der Waals surface area contributed by atoms with Crippen LogP contribution in [0.1, 0.15) is 36.0 Å². The molecule has 2 N–H and O–H groups in total. The van der Waals surface area contributed by atoms with E-state index in [2.05, 4.69) is 17.2 Å². The molecule has 8 heteroatoms. The molecule has 2 aliphatic heterocycles. The van der Waals surface area contributed by atoms with Crippen molar-refractivity contribution < 1.29 is 19.2 Å². The van der Waals surface area contributed by atoms with Gasteiger partial charge in [-0.2, -0.15) is 0 Å². The van der Waals surface area contributed by atoms with Gasteiger partial charge >= 0.3 is 0 Å². The van der Waals surface area contributed by atoms with E-state index in [-0.39, 0.29) is 11.5 Å². The van der Waals surface area contributed by atoms with Gasteiger partial charge in [-0.05, 0) is 61.1 Å². The number of benzene rings is 2. The highest BCUT2D eigenvalue weighted by Gasteiger charge is 2.41. The number of nitrogens with zero attached hydrogens (tertiary/aromatic N) is 1. The number of anilines is 1. The van der Waals surface area contributed by atoms with Crippen molar-refractivity contribution in [2.24, 2.45) is 0 Å². The second-order valence-electron chi connectivity index (χ2n) is 8.84. The first-order valence-electron chi connectivity index (χ1n) is 11.4. The molecule has 7 nitrogen and oxygen atoms in total. The highest BCUT2D eigenvalue weighted by Crippen LogP contribution is 2.25. The zero-order valence-corrected chi connectivity index (χ0v) is 20.2. The average molecular weight is 492 g/mol. The average Bonchev–Trinajstić information content (AvgIpc) is 3.08. The molecule has 1 fully saturated rings. The molecule has 0 radical (unpaired) electrons. The van der Waals surface area contributed by atoms with Gasteiger partial charge in [0, 0.05) is 35.3 Å². The molecule has 2 aromatic carbocycles. The number of hydrogen-bond donors (Lipinski definition) is 2. The number of hydrogen-bond acceptors (Lipinski definition) is 5. The lowest BCUT2D eigenvalue weighted by atomic mass is 10.0. The van der Waals surface area contributed by atoms with E-state index in [0.29, 0.717) is 48.5 Å². The second kappa shape index (κ2) is 10.3. The topological polar surface area (TPSA) is 95.6 Å². The minimum Gasteiger partial charge on any atom is -0.351 e. The first kappa shape index (κ1) is 24.4. The van der Waals surface area contributed by atoms with Crippen molar-refractivity contribution in [3.05, 3.63) is 88.2 Å². The number of Topliss-reactive ketones (excluding diaryl/α,β-unsaturated/α-hetero) is 1. The molecule has 1 unspecified atom stereocenters. The highest BCUT2D eigenvalue weighted by atomic mass is 35.5. The molecule has 0 aliphatic carbocycles. The lowest BCUT2D eigenvalue weighted by molar-refractivity contribution is -0.146. The van der Waals surface area contributed by atoms with Gasteiger partial charge in [-0.15, -0.1) is 0 Å². The smallest absolute Gasteiger partial charge is 0.278 e. The van der Waals surface area contributed by atoms with Gasteiger partial charge in [0.1, 0.15) is 17.5 Å². The molecule has 2 aliphatic rings. The molecule has 180 valence electrons. The fourth-order valence-corrected chi connectivity index (χ4v) is 4.39. The van der Waals surface area contributed by atoms with Crippen LogP contribution in [0.5, 0.6) is 0 Å². The predicted octanol–water partition coefficient (Wildman–Crippen LogP) is 3.85. The van der Waals surface area contributed by atoms with E-state index in [1.54, 1.807) is 6.07 Å². The Hall–Kier alpha value is -3.71. The first-order valence-corrected chi connectivity index (χ1v) is 11.8. The molecule has 0 aromatic heterocycles. The zero-order valence-electron chi connectivity index (χ0n) is 19.4. The Morgan fingerprint density at radius 3 is 2.71 bits per heavy atom. The number of carbonyl (C=O) groups is 4. The van der Waals surface area contributed by atoms with Crippen LogP contribution in [-0.4, -0.2) is 34.4 Å². The minimum atomic E-state index is -0.850. The Morgan fingerprint density at radius 2 is 1.97 bits per heavy atom.